The molecular formula is C22H19Br2N3O3S. The van der Waals surface area contributed by atoms with Gasteiger partial charge in [0.2, 0.25) is 10.0 Å². The first-order valence-corrected chi connectivity index (χ1v) is 12.2. The molecule has 0 bridgehead atoms. The van der Waals surface area contributed by atoms with Gasteiger partial charge in [0, 0.05) is 21.1 Å². The summed E-state index contributed by atoms with van der Waals surface area (Å²) in [5, 5.41) is 3.95. The lowest BCUT2D eigenvalue weighted by Crippen LogP contribution is -2.39. The molecule has 0 radical (unpaired) electrons. The molecule has 6 nitrogen and oxygen atoms in total. The van der Waals surface area contributed by atoms with Gasteiger partial charge in [0.05, 0.1) is 17.7 Å². The smallest absolute Gasteiger partial charge is 0.255 e. The third kappa shape index (κ3) is 6.57. The molecule has 0 unspecified atom stereocenters. The molecule has 0 saturated heterocycles. The zero-order chi connectivity index (χ0) is 22.3. The maximum Gasteiger partial charge on any atom is 0.255 e. The van der Waals surface area contributed by atoms with Crippen molar-refractivity contribution < 1.29 is 13.2 Å². The molecule has 1 amide bonds. The summed E-state index contributed by atoms with van der Waals surface area (Å²) < 4.78 is 29.2. The molecule has 9 heteroatoms. The third-order valence-electron chi connectivity index (χ3n) is 4.27. The van der Waals surface area contributed by atoms with Crippen LogP contribution in [0.3, 0.4) is 0 Å². The van der Waals surface area contributed by atoms with Crippen molar-refractivity contribution in [1.29, 1.82) is 0 Å². The molecule has 31 heavy (non-hydrogen) atoms. The van der Waals surface area contributed by atoms with E-state index >= 15 is 0 Å². The van der Waals surface area contributed by atoms with Crippen molar-refractivity contribution in [3.8, 4) is 0 Å². The minimum absolute atomic E-state index is 0.0475. The number of halogens is 2. The fourth-order valence-corrected chi connectivity index (χ4v) is 4.77. The van der Waals surface area contributed by atoms with Gasteiger partial charge in [0.1, 0.15) is 0 Å². The largest absolute Gasteiger partial charge is 0.272 e. The Bertz CT molecular complexity index is 1170. The van der Waals surface area contributed by atoms with Crippen LogP contribution in [0.15, 0.2) is 97.8 Å². The van der Waals surface area contributed by atoms with Crippen LogP contribution in [0.4, 0.5) is 0 Å². The summed E-state index contributed by atoms with van der Waals surface area (Å²) in [6.45, 7) is -0.327. The van der Waals surface area contributed by atoms with Crippen LogP contribution in [-0.2, 0) is 21.4 Å². The molecule has 1 N–H and O–H groups in total. The van der Waals surface area contributed by atoms with Gasteiger partial charge >= 0.3 is 0 Å². The lowest BCUT2D eigenvalue weighted by atomic mass is 10.2. The molecule has 0 aliphatic heterocycles. The Morgan fingerprint density at radius 3 is 2.26 bits per heavy atom. The summed E-state index contributed by atoms with van der Waals surface area (Å²) in [5.41, 5.74) is 3.94. The van der Waals surface area contributed by atoms with E-state index in [0.717, 1.165) is 24.4 Å². The van der Waals surface area contributed by atoms with Crippen LogP contribution in [-0.4, -0.2) is 31.4 Å². The van der Waals surface area contributed by atoms with Crippen LogP contribution < -0.4 is 5.43 Å². The first kappa shape index (κ1) is 23.3. The Hall–Kier alpha value is -2.33. The van der Waals surface area contributed by atoms with E-state index in [0.29, 0.717) is 0 Å². The van der Waals surface area contributed by atoms with Gasteiger partial charge in [-0.1, -0.05) is 80.4 Å². The molecule has 0 aromatic heterocycles. The molecule has 160 valence electrons. The topological polar surface area (TPSA) is 78.8 Å². The van der Waals surface area contributed by atoms with Crippen molar-refractivity contribution in [2.75, 3.05) is 6.54 Å². The van der Waals surface area contributed by atoms with Crippen LogP contribution in [0.5, 0.6) is 0 Å². The van der Waals surface area contributed by atoms with Gasteiger partial charge in [-0.05, 0) is 35.9 Å². The van der Waals surface area contributed by atoms with Crippen LogP contribution in [0.25, 0.3) is 0 Å². The molecular weight excluding hydrogens is 546 g/mol. The fourth-order valence-electron chi connectivity index (χ4n) is 2.71. The number of carbonyl (C=O) groups is 1. The van der Waals surface area contributed by atoms with Gasteiger partial charge in [-0.3, -0.25) is 4.79 Å². The molecule has 0 heterocycles. The number of sulfonamides is 1. The van der Waals surface area contributed by atoms with Gasteiger partial charge in [-0.2, -0.15) is 9.41 Å². The normalized spacial score (nSPS) is 11.7. The van der Waals surface area contributed by atoms with E-state index in [-0.39, 0.29) is 18.0 Å². The number of hydrogen-bond donors (Lipinski definition) is 1. The van der Waals surface area contributed by atoms with Crippen molar-refractivity contribution >= 4 is 54.0 Å². The van der Waals surface area contributed by atoms with Crippen molar-refractivity contribution in [2.45, 2.75) is 11.4 Å². The highest BCUT2D eigenvalue weighted by atomic mass is 79.9. The van der Waals surface area contributed by atoms with E-state index in [2.05, 4.69) is 42.4 Å². The zero-order valence-corrected chi connectivity index (χ0v) is 20.3. The number of benzene rings is 3. The Morgan fingerprint density at radius 1 is 0.935 bits per heavy atom. The molecule has 3 aromatic carbocycles. The lowest BCUT2D eigenvalue weighted by Gasteiger charge is -2.21. The number of rotatable bonds is 8. The Kier molecular flexibility index (Phi) is 8.14. The monoisotopic (exact) mass is 563 g/mol. The summed E-state index contributed by atoms with van der Waals surface area (Å²) in [6, 6.07) is 22.7. The molecule has 0 aliphatic rings. The van der Waals surface area contributed by atoms with E-state index in [1.54, 1.807) is 30.3 Å². The first-order valence-electron chi connectivity index (χ1n) is 9.22. The van der Waals surface area contributed by atoms with E-state index in [9.17, 15) is 13.2 Å². The van der Waals surface area contributed by atoms with E-state index < -0.39 is 15.9 Å². The van der Waals surface area contributed by atoms with Crippen molar-refractivity contribution in [3.05, 3.63) is 98.9 Å². The van der Waals surface area contributed by atoms with Crippen LogP contribution in [0.1, 0.15) is 11.1 Å². The molecule has 3 aromatic rings. The summed E-state index contributed by atoms with van der Waals surface area (Å²) >= 11 is 6.77. The van der Waals surface area contributed by atoms with Gasteiger partial charge in [-0.15, -0.1) is 0 Å². The molecule has 0 fully saturated rings. The van der Waals surface area contributed by atoms with E-state index in [1.165, 1.54) is 18.3 Å². The van der Waals surface area contributed by atoms with Crippen LogP contribution in [0, 0.1) is 0 Å². The fraction of sp³-hybridized carbons (Fsp3) is 0.0909. The highest BCUT2D eigenvalue weighted by Crippen LogP contribution is 2.19. The average molecular weight is 565 g/mol. The average Bonchev–Trinajstić information content (AvgIpc) is 2.77. The van der Waals surface area contributed by atoms with E-state index in [4.69, 9.17) is 0 Å². The second-order valence-electron chi connectivity index (χ2n) is 6.53. The van der Waals surface area contributed by atoms with Gasteiger partial charge < -0.3 is 0 Å². The molecule has 0 saturated carbocycles. The van der Waals surface area contributed by atoms with Gasteiger partial charge in [0.25, 0.3) is 5.91 Å². The minimum atomic E-state index is -3.89. The quantitative estimate of drug-likeness (QED) is 0.322. The summed E-state index contributed by atoms with van der Waals surface area (Å²) in [6.07, 6.45) is 1.49. The maximum absolute atomic E-state index is 13.2. The van der Waals surface area contributed by atoms with Gasteiger partial charge in [-0.25, -0.2) is 13.8 Å². The first-order chi connectivity index (χ1) is 14.9. The molecule has 0 atom stereocenters. The predicted molar refractivity (Wildman–Crippen MR) is 128 cm³/mol. The van der Waals surface area contributed by atoms with E-state index in [1.807, 2.05) is 36.4 Å². The second-order valence-corrected chi connectivity index (χ2v) is 10.2. The van der Waals surface area contributed by atoms with Crippen molar-refractivity contribution in [1.82, 2.24) is 9.73 Å². The van der Waals surface area contributed by atoms with Gasteiger partial charge in [0.15, 0.2) is 0 Å². The SMILES string of the molecule is O=C(CN(Cc1ccc(Br)cc1)S(=O)(=O)c1ccccc1)N/N=C\c1ccccc1Br. The maximum atomic E-state index is 13.2. The lowest BCUT2D eigenvalue weighted by molar-refractivity contribution is -0.121. The summed E-state index contributed by atoms with van der Waals surface area (Å²) in [4.78, 5) is 12.6. The number of hydrazone groups is 1. The Labute approximate surface area is 198 Å². The third-order valence-corrected chi connectivity index (χ3v) is 7.33. The zero-order valence-electron chi connectivity index (χ0n) is 16.3. The number of carbonyl (C=O) groups excluding carboxylic acids is 1. The number of nitrogens with zero attached hydrogens (tertiary/aromatic N) is 2. The van der Waals surface area contributed by atoms with Crippen molar-refractivity contribution in [2.24, 2.45) is 5.10 Å². The molecule has 0 spiro atoms. The molecule has 3 rings (SSSR count). The standard InChI is InChI=1S/C22H19Br2N3O3S/c23-19-12-10-17(11-13-19)15-27(31(29,30)20-7-2-1-3-8-20)16-22(28)26-25-14-18-6-4-5-9-21(18)24/h1-14H,15-16H2,(H,26,28)/b25-14-. The highest BCUT2D eigenvalue weighted by molar-refractivity contribution is 9.10. The van der Waals surface area contributed by atoms with Crippen LogP contribution in [0.2, 0.25) is 0 Å². The summed E-state index contributed by atoms with van der Waals surface area (Å²) in [7, 11) is -3.89. The second kappa shape index (κ2) is 10.8. The number of amides is 1. The number of nitrogens with one attached hydrogen (secondary N) is 1. The Morgan fingerprint density at radius 2 is 1.58 bits per heavy atom. The van der Waals surface area contributed by atoms with Crippen molar-refractivity contribution in [3.63, 3.8) is 0 Å². The predicted octanol–water partition coefficient (Wildman–Crippen LogP) is 4.55. The summed E-state index contributed by atoms with van der Waals surface area (Å²) in [5.74, 6) is -0.542. The molecule has 0 aliphatic carbocycles. The number of hydrogen-bond acceptors (Lipinski definition) is 4. The Balaban J connectivity index is 1.78. The minimum Gasteiger partial charge on any atom is -0.272 e. The van der Waals surface area contributed by atoms with Crippen LogP contribution >= 0.6 is 31.9 Å². The highest BCUT2D eigenvalue weighted by Gasteiger charge is 2.26.